The van der Waals surface area contributed by atoms with E-state index >= 15 is 0 Å². The lowest BCUT2D eigenvalue weighted by molar-refractivity contribution is 0.128. The maximum absolute atomic E-state index is 5.50. The second-order valence-electron chi connectivity index (χ2n) is 4.40. The van der Waals surface area contributed by atoms with Crippen LogP contribution in [0, 0.1) is 6.92 Å². The van der Waals surface area contributed by atoms with Crippen LogP contribution in [0.1, 0.15) is 37.6 Å². The second-order valence-corrected chi connectivity index (χ2v) is 4.40. The van der Waals surface area contributed by atoms with Gasteiger partial charge in [0.15, 0.2) is 0 Å². The number of rotatable bonds is 9. The van der Waals surface area contributed by atoms with Gasteiger partial charge in [-0.25, -0.2) is 0 Å². The fraction of sp³-hybridized carbons (Fsp3) is 0.769. The standard InChI is InChI=1S/C13H25N3O/c1-4-5-8-17-9-6-7-14-11-13-10-12(2)15-16(13)3/h10,14H,4-9,11H2,1-3H3. The molecule has 0 bridgehead atoms. The molecule has 0 atom stereocenters. The molecule has 0 aliphatic heterocycles. The zero-order chi connectivity index (χ0) is 12.5. The number of hydrogen-bond acceptors (Lipinski definition) is 3. The lowest BCUT2D eigenvalue weighted by Crippen LogP contribution is -2.18. The third-order valence-corrected chi connectivity index (χ3v) is 2.69. The molecule has 4 heteroatoms. The highest BCUT2D eigenvalue weighted by atomic mass is 16.5. The molecule has 1 rings (SSSR count). The Balaban J connectivity index is 1.99. The van der Waals surface area contributed by atoms with Crippen molar-refractivity contribution in [3.8, 4) is 0 Å². The van der Waals surface area contributed by atoms with Crippen LogP contribution in [0.2, 0.25) is 0 Å². The van der Waals surface area contributed by atoms with Crippen LogP contribution >= 0.6 is 0 Å². The molecule has 17 heavy (non-hydrogen) atoms. The molecule has 1 aromatic rings. The average molecular weight is 239 g/mol. The summed E-state index contributed by atoms with van der Waals surface area (Å²) in [5.41, 5.74) is 2.31. The summed E-state index contributed by atoms with van der Waals surface area (Å²) < 4.78 is 7.43. The molecule has 1 N–H and O–H groups in total. The zero-order valence-corrected chi connectivity index (χ0v) is 11.3. The van der Waals surface area contributed by atoms with Crippen molar-refractivity contribution in [2.24, 2.45) is 7.05 Å². The van der Waals surface area contributed by atoms with Crippen LogP contribution in [-0.4, -0.2) is 29.5 Å². The fourth-order valence-electron chi connectivity index (χ4n) is 1.69. The van der Waals surface area contributed by atoms with E-state index in [0.29, 0.717) is 0 Å². The summed E-state index contributed by atoms with van der Waals surface area (Å²) in [6, 6.07) is 2.12. The van der Waals surface area contributed by atoms with Crippen LogP contribution in [0.15, 0.2) is 6.07 Å². The van der Waals surface area contributed by atoms with Gasteiger partial charge in [-0.2, -0.15) is 5.10 Å². The molecule has 0 aliphatic carbocycles. The third kappa shape index (κ3) is 5.84. The van der Waals surface area contributed by atoms with Gasteiger partial charge in [0, 0.05) is 26.8 Å². The molecule has 0 radical (unpaired) electrons. The number of aromatic nitrogens is 2. The first kappa shape index (κ1) is 14.2. The average Bonchev–Trinajstić information content (AvgIpc) is 2.61. The summed E-state index contributed by atoms with van der Waals surface area (Å²) in [6.07, 6.45) is 3.44. The Labute approximate surface area is 104 Å². The monoisotopic (exact) mass is 239 g/mol. The highest BCUT2D eigenvalue weighted by Crippen LogP contribution is 2.00. The highest BCUT2D eigenvalue weighted by Gasteiger charge is 2.00. The number of unbranched alkanes of at least 4 members (excludes halogenated alkanes) is 1. The molecule has 98 valence electrons. The molecule has 0 saturated carbocycles. The van der Waals surface area contributed by atoms with Gasteiger partial charge in [-0.3, -0.25) is 4.68 Å². The van der Waals surface area contributed by atoms with E-state index in [-0.39, 0.29) is 0 Å². The molecule has 1 aromatic heterocycles. The largest absolute Gasteiger partial charge is 0.381 e. The Kier molecular flexibility index (Phi) is 6.89. The summed E-state index contributed by atoms with van der Waals surface area (Å²) in [4.78, 5) is 0. The minimum absolute atomic E-state index is 0.859. The van der Waals surface area contributed by atoms with Crippen molar-refractivity contribution in [3.63, 3.8) is 0 Å². The minimum Gasteiger partial charge on any atom is -0.381 e. The number of ether oxygens (including phenoxy) is 1. The topological polar surface area (TPSA) is 39.1 Å². The van der Waals surface area contributed by atoms with Crippen molar-refractivity contribution in [2.75, 3.05) is 19.8 Å². The van der Waals surface area contributed by atoms with E-state index in [4.69, 9.17) is 4.74 Å². The van der Waals surface area contributed by atoms with E-state index in [1.54, 1.807) is 0 Å². The molecule has 0 spiro atoms. The summed E-state index contributed by atoms with van der Waals surface area (Å²) in [6.45, 7) is 7.84. The Hall–Kier alpha value is -0.870. The molecule has 0 unspecified atom stereocenters. The first-order valence-electron chi connectivity index (χ1n) is 6.52. The number of nitrogens with zero attached hydrogens (tertiary/aromatic N) is 2. The van der Waals surface area contributed by atoms with Crippen molar-refractivity contribution >= 4 is 0 Å². The van der Waals surface area contributed by atoms with Crippen LogP contribution in [0.25, 0.3) is 0 Å². The zero-order valence-electron chi connectivity index (χ0n) is 11.3. The molecule has 0 amide bonds. The van der Waals surface area contributed by atoms with Crippen LogP contribution in [0.3, 0.4) is 0 Å². The number of aryl methyl sites for hydroxylation is 2. The smallest absolute Gasteiger partial charge is 0.0597 e. The molecule has 0 saturated heterocycles. The highest BCUT2D eigenvalue weighted by molar-refractivity contribution is 5.08. The van der Waals surface area contributed by atoms with Gasteiger partial charge in [0.05, 0.1) is 11.4 Å². The van der Waals surface area contributed by atoms with Gasteiger partial charge in [0.25, 0.3) is 0 Å². The summed E-state index contributed by atoms with van der Waals surface area (Å²) in [5, 5.41) is 7.72. The first-order valence-corrected chi connectivity index (χ1v) is 6.52. The molecular weight excluding hydrogens is 214 g/mol. The molecular formula is C13H25N3O. The maximum atomic E-state index is 5.50. The van der Waals surface area contributed by atoms with Crippen LogP contribution in [0.4, 0.5) is 0 Å². The van der Waals surface area contributed by atoms with Crippen molar-refractivity contribution in [1.29, 1.82) is 0 Å². The van der Waals surface area contributed by atoms with Crippen molar-refractivity contribution in [3.05, 3.63) is 17.5 Å². The predicted molar refractivity (Wildman–Crippen MR) is 70.0 cm³/mol. The summed E-state index contributed by atoms with van der Waals surface area (Å²) >= 11 is 0. The van der Waals surface area contributed by atoms with Crippen LogP contribution in [-0.2, 0) is 18.3 Å². The van der Waals surface area contributed by atoms with Gasteiger partial charge in [-0.1, -0.05) is 13.3 Å². The van der Waals surface area contributed by atoms with E-state index < -0.39 is 0 Å². The molecule has 4 nitrogen and oxygen atoms in total. The summed E-state index contributed by atoms with van der Waals surface area (Å²) in [7, 11) is 1.98. The predicted octanol–water partition coefficient (Wildman–Crippen LogP) is 2.02. The fourth-order valence-corrected chi connectivity index (χ4v) is 1.69. The van der Waals surface area contributed by atoms with Crippen molar-refractivity contribution in [1.82, 2.24) is 15.1 Å². The van der Waals surface area contributed by atoms with Gasteiger partial charge < -0.3 is 10.1 Å². The third-order valence-electron chi connectivity index (χ3n) is 2.69. The quantitative estimate of drug-likeness (QED) is 0.670. The lowest BCUT2D eigenvalue weighted by atomic mass is 10.3. The normalized spacial score (nSPS) is 11.0. The Bertz CT molecular complexity index is 310. The molecule has 1 heterocycles. The van der Waals surface area contributed by atoms with Crippen molar-refractivity contribution in [2.45, 2.75) is 39.7 Å². The van der Waals surface area contributed by atoms with Gasteiger partial charge in [-0.15, -0.1) is 0 Å². The number of nitrogens with one attached hydrogen (secondary N) is 1. The van der Waals surface area contributed by atoms with Crippen LogP contribution in [0.5, 0.6) is 0 Å². The van der Waals surface area contributed by atoms with E-state index in [0.717, 1.165) is 38.4 Å². The van der Waals surface area contributed by atoms with Crippen LogP contribution < -0.4 is 5.32 Å². The first-order chi connectivity index (χ1) is 8.24. The van der Waals surface area contributed by atoms with E-state index in [9.17, 15) is 0 Å². The Morgan fingerprint density at radius 3 is 2.76 bits per heavy atom. The summed E-state index contributed by atoms with van der Waals surface area (Å²) in [5.74, 6) is 0. The Morgan fingerprint density at radius 2 is 2.12 bits per heavy atom. The lowest BCUT2D eigenvalue weighted by Gasteiger charge is -2.05. The second kappa shape index (κ2) is 8.25. The van der Waals surface area contributed by atoms with Gasteiger partial charge in [0.1, 0.15) is 0 Å². The van der Waals surface area contributed by atoms with Gasteiger partial charge in [0.2, 0.25) is 0 Å². The Morgan fingerprint density at radius 1 is 1.35 bits per heavy atom. The van der Waals surface area contributed by atoms with E-state index in [1.807, 2.05) is 18.7 Å². The SMILES string of the molecule is CCCCOCCCNCc1cc(C)nn1C. The molecule has 0 fully saturated rings. The molecule has 0 aliphatic rings. The molecule has 0 aromatic carbocycles. The van der Waals surface area contributed by atoms with Gasteiger partial charge >= 0.3 is 0 Å². The van der Waals surface area contributed by atoms with Crippen molar-refractivity contribution < 1.29 is 4.74 Å². The minimum atomic E-state index is 0.859. The van der Waals surface area contributed by atoms with E-state index in [1.165, 1.54) is 18.5 Å². The maximum Gasteiger partial charge on any atom is 0.0597 e. The van der Waals surface area contributed by atoms with Gasteiger partial charge in [-0.05, 0) is 32.4 Å². The number of hydrogen-bond donors (Lipinski definition) is 1. The van der Waals surface area contributed by atoms with E-state index in [2.05, 4.69) is 23.4 Å².